The molecule has 4 heteroatoms. The number of hydrogen-bond donors (Lipinski definition) is 2. The molecule has 0 saturated heterocycles. The Bertz CT molecular complexity index is 792. The minimum atomic E-state index is 0.339. The molecule has 122 valence electrons. The number of fused-ring (bicyclic) bond motifs is 1. The Morgan fingerprint density at radius 3 is 2.62 bits per heavy atom. The number of benzene rings is 1. The second kappa shape index (κ2) is 6.57. The van der Waals surface area contributed by atoms with Gasteiger partial charge in [-0.2, -0.15) is 0 Å². The summed E-state index contributed by atoms with van der Waals surface area (Å²) in [6.45, 7) is 2.24. The van der Waals surface area contributed by atoms with Crippen molar-refractivity contribution in [3.63, 3.8) is 0 Å². The third kappa shape index (κ3) is 3.10. The van der Waals surface area contributed by atoms with Crippen LogP contribution in [0.2, 0.25) is 0 Å². The van der Waals surface area contributed by atoms with Crippen LogP contribution < -0.4 is 5.32 Å². The molecule has 0 saturated carbocycles. The van der Waals surface area contributed by atoms with Crippen molar-refractivity contribution in [2.45, 2.75) is 38.3 Å². The predicted octanol–water partition coefficient (Wildman–Crippen LogP) is 3.68. The minimum Gasteiger partial charge on any atom is -0.348 e. The van der Waals surface area contributed by atoms with Crippen LogP contribution in [0.1, 0.15) is 36.3 Å². The van der Waals surface area contributed by atoms with Crippen LogP contribution in [0.5, 0.6) is 0 Å². The summed E-state index contributed by atoms with van der Waals surface area (Å²) >= 11 is 0. The lowest BCUT2D eigenvalue weighted by Crippen LogP contribution is -2.36. The summed E-state index contributed by atoms with van der Waals surface area (Å²) in [5.74, 6) is 0. The number of H-pyrrole nitrogens is 1. The number of nitrogens with one attached hydrogen (secondary N) is 2. The van der Waals surface area contributed by atoms with E-state index in [1.54, 1.807) is 0 Å². The average molecular weight is 318 g/mol. The molecule has 0 aliphatic heterocycles. The smallest absolute Gasteiger partial charge is 0.0925 e. The van der Waals surface area contributed by atoms with E-state index in [0.717, 1.165) is 19.3 Å². The number of hydrogen-bond acceptors (Lipinski definition) is 3. The zero-order valence-corrected chi connectivity index (χ0v) is 13.9. The number of aromatic nitrogens is 3. The fourth-order valence-corrected chi connectivity index (χ4v) is 3.50. The van der Waals surface area contributed by atoms with Crippen molar-refractivity contribution in [2.75, 3.05) is 0 Å². The highest BCUT2D eigenvalue weighted by atomic mass is 15.0. The summed E-state index contributed by atoms with van der Waals surface area (Å²) in [6, 6.07) is 13.8. The molecule has 1 aliphatic carbocycles. The maximum atomic E-state index is 4.38. The molecular formula is C20H22N4. The number of nitrogens with zero attached hydrogens (tertiary/aromatic N) is 2. The summed E-state index contributed by atoms with van der Waals surface area (Å²) in [5.41, 5.74) is 6.29. The van der Waals surface area contributed by atoms with Gasteiger partial charge in [-0.05, 0) is 48.6 Å². The summed E-state index contributed by atoms with van der Waals surface area (Å²) in [6.07, 6.45) is 8.73. The highest BCUT2D eigenvalue weighted by molar-refractivity contribution is 5.62. The highest BCUT2D eigenvalue weighted by Crippen LogP contribution is 2.24. The van der Waals surface area contributed by atoms with Gasteiger partial charge in [0.2, 0.25) is 0 Å². The van der Waals surface area contributed by atoms with Gasteiger partial charge in [0.1, 0.15) is 0 Å². The molecular weight excluding hydrogens is 296 g/mol. The van der Waals surface area contributed by atoms with Gasteiger partial charge in [-0.3, -0.25) is 4.98 Å². The number of aryl methyl sites for hydroxylation is 1. The van der Waals surface area contributed by atoms with Crippen molar-refractivity contribution in [3.05, 3.63) is 72.1 Å². The van der Waals surface area contributed by atoms with Crippen molar-refractivity contribution >= 4 is 0 Å². The Morgan fingerprint density at radius 1 is 1.08 bits per heavy atom. The predicted molar refractivity (Wildman–Crippen MR) is 95.6 cm³/mol. The number of imidazole rings is 1. The van der Waals surface area contributed by atoms with E-state index in [1.807, 2.05) is 30.9 Å². The molecule has 2 heterocycles. The number of rotatable bonds is 4. The second-order valence-corrected chi connectivity index (χ2v) is 6.51. The molecule has 0 fully saturated rings. The highest BCUT2D eigenvalue weighted by Gasteiger charge is 2.21. The molecule has 0 amide bonds. The zero-order valence-electron chi connectivity index (χ0n) is 13.9. The third-order valence-electron chi connectivity index (χ3n) is 4.90. The Labute approximate surface area is 142 Å². The van der Waals surface area contributed by atoms with Gasteiger partial charge in [0.25, 0.3) is 0 Å². The molecule has 4 rings (SSSR count). The maximum Gasteiger partial charge on any atom is 0.0925 e. The monoisotopic (exact) mass is 318 g/mol. The Kier molecular flexibility index (Phi) is 4.13. The summed E-state index contributed by atoms with van der Waals surface area (Å²) in [7, 11) is 0. The topological polar surface area (TPSA) is 53.6 Å². The molecule has 3 aromatic rings. The van der Waals surface area contributed by atoms with Gasteiger partial charge in [-0.25, -0.2) is 4.98 Å². The SMILES string of the molecule is CC(NC1CCc2nc[nH]c2C1)c1ccc(-c2ccncc2)cc1. The third-order valence-corrected chi connectivity index (χ3v) is 4.90. The summed E-state index contributed by atoms with van der Waals surface area (Å²) in [4.78, 5) is 11.7. The van der Waals surface area contributed by atoms with Gasteiger partial charge in [-0.1, -0.05) is 24.3 Å². The van der Waals surface area contributed by atoms with E-state index in [1.165, 1.54) is 28.1 Å². The molecule has 0 spiro atoms. The Balaban J connectivity index is 1.42. The van der Waals surface area contributed by atoms with E-state index in [2.05, 4.69) is 51.5 Å². The van der Waals surface area contributed by atoms with Gasteiger partial charge < -0.3 is 10.3 Å². The summed E-state index contributed by atoms with van der Waals surface area (Å²) < 4.78 is 0. The van der Waals surface area contributed by atoms with Crippen molar-refractivity contribution < 1.29 is 0 Å². The minimum absolute atomic E-state index is 0.339. The molecule has 24 heavy (non-hydrogen) atoms. The maximum absolute atomic E-state index is 4.38. The van der Waals surface area contributed by atoms with Crippen molar-refractivity contribution in [1.29, 1.82) is 0 Å². The van der Waals surface area contributed by atoms with E-state index >= 15 is 0 Å². The van der Waals surface area contributed by atoms with Crippen molar-refractivity contribution in [3.8, 4) is 11.1 Å². The first kappa shape index (κ1) is 15.1. The fraction of sp³-hybridized carbons (Fsp3) is 0.300. The lowest BCUT2D eigenvalue weighted by molar-refractivity contribution is 0.409. The van der Waals surface area contributed by atoms with Crippen LogP contribution in [0.15, 0.2) is 55.1 Å². The average Bonchev–Trinajstić information content (AvgIpc) is 3.10. The van der Waals surface area contributed by atoms with Crippen LogP contribution in [0.4, 0.5) is 0 Å². The lowest BCUT2D eigenvalue weighted by Gasteiger charge is -2.26. The van der Waals surface area contributed by atoms with Gasteiger partial charge in [0.15, 0.2) is 0 Å². The standard InChI is InChI=1S/C20H22N4/c1-14(24-18-6-7-19-20(12-18)23-13-22-19)15-2-4-16(5-3-15)17-8-10-21-11-9-17/h2-5,8-11,13-14,18,24H,6-7,12H2,1H3,(H,22,23). The van der Waals surface area contributed by atoms with E-state index in [-0.39, 0.29) is 0 Å². The Hall–Kier alpha value is -2.46. The van der Waals surface area contributed by atoms with Crippen LogP contribution in [0.3, 0.4) is 0 Å². The van der Waals surface area contributed by atoms with Crippen LogP contribution in [0, 0.1) is 0 Å². The largest absolute Gasteiger partial charge is 0.348 e. The lowest BCUT2D eigenvalue weighted by atomic mass is 9.94. The van der Waals surface area contributed by atoms with Gasteiger partial charge >= 0.3 is 0 Å². The van der Waals surface area contributed by atoms with Crippen molar-refractivity contribution in [2.24, 2.45) is 0 Å². The molecule has 2 N–H and O–H groups in total. The quantitative estimate of drug-likeness (QED) is 0.771. The molecule has 1 aliphatic rings. The molecule has 2 unspecified atom stereocenters. The number of aromatic amines is 1. The van der Waals surface area contributed by atoms with Gasteiger partial charge in [0, 0.05) is 36.6 Å². The van der Waals surface area contributed by atoms with Gasteiger partial charge in [-0.15, -0.1) is 0 Å². The van der Waals surface area contributed by atoms with E-state index in [4.69, 9.17) is 0 Å². The first-order valence-corrected chi connectivity index (χ1v) is 8.57. The number of pyridine rings is 1. The molecule has 1 aromatic carbocycles. The van der Waals surface area contributed by atoms with Gasteiger partial charge in [0.05, 0.1) is 12.0 Å². The van der Waals surface area contributed by atoms with Crippen LogP contribution in [-0.2, 0) is 12.8 Å². The molecule has 4 nitrogen and oxygen atoms in total. The Morgan fingerprint density at radius 2 is 1.83 bits per heavy atom. The van der Waals surface area contributed by atoms with Crippen molar-refractivity contribution in [1.82, 2.24) is 20.3 Å². The summed E-state index contributed by atoms with van der Waals surface area (Å²) in [5, 5.41) is 3.77. The van der Waals surface area contributed by atoms with E-state index < -0.39 is 0 Å². The molecule has 2 aromatic heterocycles. The molecule has 0 bridgehead atoms. The van der Waals surface area contributed by atoms with E-state index in [9.17, 15) is 0 Å². The fourth-order valence-electron chi connectivity index (χ4n) is 3.50. The second-order valence-electron chi connectivity index (χ2n) is 6.51. The van der Waals surface area contributed by atoms with Crippen LogP contribution in [-0.4, -0.2) is 21.0 Å². The van der Waals surface area contributed by atoms with Crippen LogP contribution in [0.25, 0.3) is 11.1 Å². The van der Waals surface area contributed by atoms with E-state index in [0.29, 0.717) is 12.1 Å². The normalized spacial score (nSPS) is 18.1. The first-order valence-electron chi connectivity index (χ1n) is 8.57. The van der Waals surface area contributed by atoms with Crippen LogP contribution >= 0.6 is 0 Å². The molecule has 2 atom stereocenters. The molecule has 0 radical (unpaired) electrons. The zero-order chi connectivity index (χ0) is 16.4. The first-order chi connectivity index (χ1) is 11.8.